The average molecular weight is 714 g/mol. The summed E-state index contributed by atoms with van der Waals surface area (Å²) < 4.78 is 1.73. The summed E-state index contributed by atoms with van der Waals surface area (Å²) in [6.07, 6.45) is 0. The highest BCUT2D eigenvalue weighted by Crippen LogP contribution is 2.41. The van der Waals surface area contributed by atoms with Crippen LogP contribution in [0.1, 0.15) is 30.7 Å². The summed E-state index contributed by atoms with van der Waals surface area (Å²) in [4.78, 5) is 65.3. The lowest BCUT2D eigenvalue weighted by Crippen LogP contribution is -2.71. The molecule has 48 heavy (non-hydrogen) atoms. The Morgan fingerprint density at radius 2 is 1.96 bits per heavy atom. The third-order valence-electron chi connectivity index (χ3n) is 7.33. The molecule has 0 spiro atoms. The number of nitrogens with zero attached hydrogens (tertiary/aromatic N) is 5. The van der Waals surface area contributed by atoms with Gasteiger partial charge in [-0.3, -0.25) is 14.5 Å². The standard InChI is InChI=1S/C29H31N9O7S3/c1-12-5-6-16(13(2)7-12)37-18(31)8-17(30)34-28(37)48-10-14-9-46-24-20(23(40)38(24)21(14)25(41)42)35-22(39)19(15-11-47-27(32)33-15)36-45-29(3,4)26(43)44/h5-8,11,20,24H,9-10H2,1-4H3,(H8,30,31,32,33,35,39,41,42,43,44)/b36-19-. The molecule has 1 aromatic carbocycles. The van der Waals surface area contributed by atoms with Crippen molar-refractivity contribution in [2.75, 3.05) is 28.7 Å². The Hall–Kier alpha value is -4.88. The molecule has 5 rings (SSSR count). The van der Waals surface area contributed by atoms with Crippen LogP contribution in [0.3, 0.4) is 0 Å². The van der Waals surface area contributed by atoms with Crippen molar-refractivity contribution >= 4 is 81.1 Å². The van der Waals surface area contributed by atoms with Crippen LogP contribution < -0.4 is 32.2 Å². The number of nitrogens with two attached hydrogens (primary N) is 3. The Kier molecular flexibility index (Phi) is 9.56. The SMILES string of the molecule is Cc1ccc(-[n+]2c(N)cc(N)nc2SCC2=C(C(=O)[O-])N3C(=O)C(NC(=O)/C(=N\OC(C)(C)C(=O)O)c4csc(N)n4)C3SC2)c(C)c1. The highest BCUT2D eigenvalue weighted by Gasteiger charge is 2.53. The number of aliphatic carboxylic acids is 2. The van der Waals surface area contributed by atoms with Gasteiger partial charge in [0.05, 0.1) is 17.7 Å². The number of carbonyl (C=O) groups is 4. The Bertz CT molecular complexity index is 1910. The number of hydrogen-bond donors (Lipinski definition) is 5. The van der Waals surface area contributed by atoms with E-state index in [-0.39, 0.29) is 33.8 Å². The van der Waals surface area contributed by atoms with E-state index in [0.717, 1.165) is 33.1 Å². The Morgan fingerprint density at radius 1 is 1.23 bits per heavy atom. The predicted octanol–water partition coefficient (Wildman–Crippen LogP) is -0.0417. The lowest BCUT2D eigenvalue weighted by molar-refractivity contribution is -0.626. The number of oxime groups is 1. The number of fused-ring (bicyclic) bond motifs is 1. The molecule has 3 aromatic rings. The fraction of sp³-hybridized carbons (Fsp3) is 0.310. The van der Waals surface area contributed by atoms with Gasteiger partial charge >= 0.3 is 11.1 Å². The van der Waals surface area contributed by atoms with Gasteiger partial charge in [0.25, 0.3) is 11.8 Å². The number of anilines is 3. The maximum atomic E-state index is 13.4. The van der Waals surface area contributed by atoms with Crippen LogP contribution >= 0.6 is 34.9 Å². The largest absolute Gasteiger partial charge is 0.543 e. The summed E-state index contributed by atoms with van der Waals surface area (Å²) in [6, 6.07) is 6.23. The highest BCUT2D eigenvalue weighted by atomic mass is 32.2. The van der Waals surface area contributed by atoms with Gasteiger partial charge in [0.15, 0.2) is 10.8 Å². The summed E-state index contributed by atoms with van der Waals surface area (Å²) in [5.41, 5.74) is 18.7. The summed E-state index contributed by atoms with van der Waals surface area (Å²) in [6.45, 7) is 6.38. The first-order chi connectivity index (χ1) is 22.6. The number of thioether (sulfide) groups is 2. The van der Waals surface area contributed by atoms with Crippen LogP contribution in [-0.2, 0) is 24.0 Å². The number of carbonyl (C=O) groups excluding carboxylic acids is 3. The molecule has 2 aliphatic heterocycles. The fourth-order valence-electron chi connectivity index (χ4n) is 4.86. The first-order valence-corrected chi connectivity index (χ1v) is 17.1. The zero-order valence-corrected chi connectivity index (χ0v) is 28.5. The van der Waals surface area contributed by atoms with Crippen LogP contribution in [0.2, 0.25) is 0 Å². The van der Waals surface area contributed by atoms with Crippen LogP contribution in [0.15, 0.2) is 51.2 Å². The van der Waals surface area contributed by atoms with Crippen LogP contribution in [0.4, 0.5) is 16.8 Å². The van der Waals surface area contributed by atoms with E-state index >= 15 is 0 Å². The number of nitrogen functional groups attached to an aromatic ring is 3. The molecule has 2 aliphatic rings. The zero-order chi connectivity index (χ0) is 35.1. The normalized spacial score (nSPS) is 17.9. The van der Waals surface area contributed by atoms with Gasteiger partial charge in [0.2, 0.25) is 17.2 Å². The number of carboxylic acid groups (broad SMARTS) is 2. The quantitative estimate of drug-likeness (QED) is 0.0437. The number of rotatable bonds is 11. The third kappa shape index (κ3) is 6.74. The van der Waals surface area contributed by atoms with Gasteiger partial charge in [-0.25, -0.2) is 9.78 Å². The molecule has 0 saturated carbocycles. The lowest BCUT2D eigenvalue weighted by Gasteiger charge is -2.50. The number of β-lactam (4-membered cyclic amide) rings is 1. The molecule has 0 radical (unpaired) electrons. The van der Waals surface area contributed by atoms with E-state index in [9.17, 15) is 29.4 Å². The monoisotopic (exact) mass is 713 g/mol. The number of amides is 2. The molecule has 2 aromatic heterocycles. The number of hydrogen-bond acceptors (Lipinski definition) is 15. The lowest BCUT2D eigenvalue weighted by atomic mass is 10.0. The van der Waals surface area contributed by atoms with E-state index in [1.807, 2.05) is 32.0 Å². The smallest absolute Gasteiger partial charge is 0.350 e. The average Bonchev–Trinajstić information content (AvgIpc) is 3.44. The van der Waals surface area contributed by atoms with Crippen molar-refractivity contribution in [1.29, 1.82) is 0 Å². The van der Waals surface area contributed by atoms with Crippen molar-refractivity contribution in [2.45, 2.75) is 49.9 Å². The van der Waals surface area contributed by atoms with Crippen molar-refractivity contribution < 1.29 is 38.8 Å². The minimum Gasteiger partial charge on any atom is -0.543 e. The van der Waals surface area contributed by atoms with Crippen LogP contribution in [-0.4, -0.2) is 78.0 Å². The van der Waals surface area contributed by atoms with E-state index in [0.29, 0.717) is 16.5 Å². The van der Waals surface area contributed by atoms with Gasteiger partial charge in [-0.05, 0) is 56.7 Å². The summed E-state index contributed by atoms with van der Waals surface area (Å²) in [5, 5.41) is 29.2. The van der Waals surface area contributed by atoms with E-state index < -0.39 is 46.5 Å². The van der Waals surface area contributed by atoms with Crippen molar-refractivity contribution in [3.05, 3.63) is 57.7 Å². The molecule has 2 unspecified atom stereocenters. The molecule has 8 N–H and O–H groups in total. The van der Waals surface area contributed by atoms with Gasteiger partial charge < -0.3 is 42.4 Å². The van der Waals surface area contributed by atoms with Gasteiger partial charge in [-0.15, -0.1) is 23.1 Å². The second kappa shape index (κ2) is 13.3. The zero-order valence-electron chi connectivity index (χ0n) is 26.0. The summed E-state index contributed by atoms with van der Waals surface area (Å²) in [7, 11) is 0. The molecule has 19 heteroatoms. The molecule has 2 amide bonds. The second-order valence-electron chi connectivity index (χ2n) is 11.3. The van der Waals surface area contributed by atoms with Crippen molar-refractivity contribution in [2.24, 2.45) is 5.16 Å². The second-order valence-corrected chi connectivity index (χ2v) is 14.3. The topological polar surface area (TPSA) is 256 Å². The molecule has 0 aliphatic carbocycles. The Morgan fingerprint density at radius 3 is 2.58 bits per heavy atom. The van der Waals surface area contributed by atoms with E-state index in [1.54, 1.807) is 4.57 Å². The fourth-order valence-corrected chi connectivity index (χ4v) is 7.93. The number of nitrogens with one attached hydrogen (secondary N) is 1. The molecule has 1 saturated heterocycles. The van der Waals surface area contributed by atoms with E-state index in [1.165, 1.54) is 48.8 Å². The number of aryl methyl sites for hydroxylation is 2. The first-order valence-electron chi connectivity index (χ1n) is 14.2. The molecule has 16 nitrogen and oxygen atoms in total. The minimum atomic E-state index is -1.79. The maximum Gasteiger partial charge on any atom is 0.350 e. The predicted molar refractivity (Wildman–Crippen MR) is 178 cm³/mol. The van der Waals surface area contributed by atoms with E-state index in [4.69, 9.17) is 22.0 Å². The first kappa shape index (κ1) is 34.5. The number of benzene rings is 1. The molecule has 0 bridgehead atoms. The Labute approximate surface area is 286 Å². The van der Waals surface area contributed by atoms with Gasteiger partial charge in [-0.2, -0.15) is 4.57 Å². The molecule has 1 fully saturated rings. The molecule has 2 atom stereocenters. The molecular formula is C29H31N9O7S3. The van der Waals surface area contributed by atoms with Crippen molar-refractivity contribution in [3.63, 3.8) is 0 Å². The number of thiazole rings is 1. The number of aromatic nitrogens is 3. The molecule has 4 heterocycles. The molecule has 252 valence electrons. The Balaban J connectivity index is 1.37. The minimum absolute atomic E-state index is 0.000360. The molecular weight excluding hydrogens is 683 g/mol. The summed E-state index contributed by atoms with van der Waals surface area (Å²) in [5.74, 6) is -3.66. The van der Waals surface area contributed by atoms with Crippen LogP contribution in [0, 0.1) is 13.8 Å². The third-order valence-corrected chi connectivity index (χ3v) is 10.4. The van der Waals surface area contributed by atoms with Gasteiger partial charge in [0.1, 0.15) is 22.8 Å². The van der Waals surface area contributed by atoms with Crippen LogP contribution in [0.5, 0.6) is 0 Å². The van der Waals surface area contributed by atoms with Crippen LogP contribution in [0.25, 0.3) is 5.69 Å². The maximum absolute atomic E-state index is 13.4. The number of carboxylic acids is 2. The van der Waals surface area contributed by atoms with Crippen molar-refractivity contribution in [3.8, 4) is 5.69 Å². The highest BCUT2D eigenvalue weighted by molar-refractivity contribution is 8.01. The summed E-state index contributed by atoms with van der Waals surface area (Å²) >= 11 is 3.45. The van der Waals surface area contributed by atoms with Gasteiger partial charge in [0, 0.05) is 16.9 Å². The van der Waals surface area contributed by atoms with Gasteiger partial charge in [-0.1, -0.05) is 27.8 Å². The van der Waals surface area contributed by atoms with E-state index in [2.05, 4.69) is 20.4 Å². The van der Waals surface area contributed by atoms with Crippen molar-refractivity contribution in [1.82, 2.24) is 20.2 Å².